The van der Waals surface area contributed by atoms with E-state index in [2.05, 4.69) is 26.2 Å². The van der Waals surface area contributed by atoms with Gasteiger partial charge in [-0.2, -0.15) is 0 Å². The fourth-order valence-electron chi connectivity index (χ4n) is 1.06. The summed E-state index contributed by atoms with van der Waals surface area (Å²) < 4.78 is 0.802. The summed E-state index contributed by atoms with van der Waals surface area (Å²) >= 11 is 8.79. The average molecular weight is 292 g/mol. The van der Waals surface area contributed by atoms with Crippen molar-refractivity contribution in [2.75, 3.05) is 12.4 Å². The average Bonchev–Trinajstić information content (AvgIpc) is 2.24. The van der Waals surface area contributed by atoms with Gasteiger partial charge in [-0.05, 0) is 34.8 Å². The van der Waals surface area contributed by atoms with Gasteiger partial charge in [0.25, 0.3) is 5.91 Å². The van der Waals surface area contributed by atoms with Crippen LogP contribution in [0, 0.1) is 0 Å². The highest BCUT2D eigenvalue weighted by molar-refractivity contribution is 9.10. The van der Waals surface area contributed by atoms with Crippen LogP contribution in [0.4, 0.5) is 0 Å². The zero-order valence-electron chi connectivity index (χ0n) is 8.17. The summed E-state index contributed by atoms with van der Waals surface area (Å²) in [5.74, 6) is 0.535. The summed E-state index contributed by atoms with van der Waals surface area (Å²) in [6, 6.07) is 1.74. The van der Waals surface area contributed by atoms with Crippen molar-refractivity contribution < 1.29 is 4.79 Å². The van der Waals surface area contributed by atoms with E-state index in [9.17, 15) is 4.79 Å². The molecular weight excluding hydrogens is 279 g/mol. The Balaban J connectivity index is 2.40. The topological polar surface area (TPSA) is 42.0 Å². The van der Waals surface area contributed by atoms with Gasteiger partial charge in [0.1, 0.15) is 0 Å². The number of amides is 1. The van der Waals surface area contributed by atoms with Crippen LogP contribution in [-0.2, 0) is 0 Å². The fourth-order valence-corrected chi connectivity index (χ4v) is 1.61. The summed E-state index contributed by atoms with van der Waals surface area (Å²) in [6.45, 7) is 0.651. The molecule has 0 saturated heterocycles. The van der Waals surface area contributed by atoms with Crippen LogP contribution in [0.3, 0.4) is 0 Å². The Hall–Kier alpha value is -0.610. The number of aromatic nitrogens is 1. The van der Waals surface area contributed by atoms with Gasteiger partial charge in [-0.1, -0.05) is 0 Å². The predicted molar refractivity (Wildman–Crippen MR) is 64.2 cm³/mol. The molecule has 15 heavy (non-hydrogen) atoms. The van der Waals surface area contributed by atoms with Crippen LogP contribution in [0.2, 0.25) is 0 Å². The third-order valence-corrected chi connectivity index (χ3v) is 2.51. The van der Waals surface area contributed by atoms with Gasteiger partial charge < -0.3 is 5.32 Å². The van der Waals surface area contributed by atoms with Crippen LogP contribution in [0.1, 0.15) is 23.2 Å². The molecule has 5 heteroatoms. The van der Waals surface area contributed by atoms with Gasteiger partial charge in [0.15, 0.2) is 0 Å². The summed E-state index contributed by atoms with van der Waals surface area (Å²) in [7, 11) is 0. The van der Waals surface area contributed by atoms with Crippen molar-refractivity contribution in [3.63, 3.8) is 0 Å². The van der Waals surface area contributed by atoms with E-state index in [1.165, 1.54) is 0 Å². The number of nitrogens with zero attached hydrogens (tertiary/aromatic N) is 1. The quantitative estimate of drug-likeness (QED) is 0.669. The lowest BCUT2D eigenvalue weighted by atomic mass is 10.2. The van der Waals surface area contributed by atoms with Gasteiger partial charge in [0.2, 0.25) is 0 Å². The SMILES string of the molecule is O=C(NCCCCCl)c1cncc(Br)c1. The van der Waals surface area contributed by atoms with E-state index in [0.29, 0.717) is 18.0 Å². The molecular formula is C10H12BrClN2O. The molecule has 0 saturated carbocycles. The molecule has 1 amide bonds. The number of nitrogens with one attached hydrogen (secondary N) is 1. The molecule has 1 heterocycles. The minimum atomic E-state index is -0.0987. The van der Waals surface area contributed by atoms with Crippen molar-refractivity contribution in [2.45, 2.75) is 12.8 Å². The van der Waals surface area contributed by atoms with E-state index in [1.54, 1.807) is 18.5 Å². The second-order valence-electron chi connectivity index (χ2n) is 3.04. The number of carbonyl (C=O) groups excluding carboxylic acids is 1. The van der Waals surface area contributed by atoms with Crippen molar-refractivity contribution in [1.29, 1.82) is 0 Å². The highest BCUT2D eigenvalue weighted by Crippen LogP contribution is 2.09. The van der Waals surface area contributed by atoms with Crippen LogP contribution >= 0.6 is 27.5 Å². The molecule has 1 aromatic rings. The number of unbranched alkanes of at least 4 members (excludes halogenated alkanes) is 1. The zero-order valence-corrected chi connectivity index (χ0v) is 10.5. The molecule has 3 nitrogen and oxygen atoms in total. The predicted octanol–water partition coefficient (Wildman–Crippen LogP) is 2.59. The molecule has 0 aromatic carbocycles. The van der Waals surface area contributed by atoms with Crippen molar-refractivity contribution in [1.82, 2.24) is 10.3 Å². The van der Waals surface area contributed by atoms with Gasteiger partial charge in [0.05, 0.1) is 5.56 Å². The van der Waals surface area contributed by atoms with Gasteiger partial charge in [-0.25, -0.2) is 0 Å². The minimum absolute atomic E-state index is 0.0987. The molecule has 1 aromatic heterocycles. The highest BCUT2D eigenvalue weighted by atomic mass is 79.9. The second kappa shape index (κ2) is 6.80. The van der Waals surface area contributed by atoms with Crippen LogP contribution in [0.15, 0.2) is 22.9 Å². The normalized spacial score (nSPS) is 10.0. The van der Waals surface area contributed by atoms with Gasteiger partial charge in [-0.15, -0.1) is 11.6 Å². The van der Waals surface area contributed by atoms with Crippen LogP contribution in [0.25, 0.3) is 0 Å². The van der Waals surface area contributed by atoms with E-state index < -0.39 is 0 Å². The summed E-state index contributed by atoms with van der Waals surface area (Å²) in [5, 5.41) is 2.80. The van der Waals surface area contributed by atoms with Crippen molar-refractivity contribution in [3.8, 4) is 0 Å². The first-order chi connectivity index (χ1) is 7.24. The minimum Gasteiger partial charge on any atom is -0.352 e. The third-order valence-electron chi connectivity index (χ3n) is 1.81. The Morgan fingerprint density at radius 2 is 2.27 bits per heavy atom. The Morgan fingerprint density at radius 3 is 2.93 bits per heavy atom. The summed E-state index contributed by atoms with van der Waals surface area (Å²) in [6.07, 6.45) is 5.00. The van der Waals surface area contributed by atoms with Gasteiger partial charge >= 0.3 is 0 Å². The molecule has 0 bridgehead atoms. The zero-order chi connectivity index (χ0) is 11.1. The van der Waals surface area contributed by atoms with E-state index in [1.807, 2.05) is 0 Å². The Bertz CT molecular complexity index is 333. The molecule has 0 aliphatic heterocycles. The van der Waals surface area contributed by atoms with Crippen molar-refractivity contribution >= 4 is 33.4 Å². The molecule has 0 aliphatic carbocycles. The lowest BCUT2D eigenvalue weighted by Crippen LogP contribution is -2.24. The number of carbonyl (C=O) groups is 1. The number of hydrogen-bond donors (Lipinski definition) is 1. The van der Waals surface area contributed by atoms with Gasteiger partial charge in [0, 0.05) is 29.3 Å². The molecule has 0 unspecified atom stereocenters. The first-order valence-electron chi connectivity index (χ1n) is 4.69. The Kier molecular flexibility index (Phi) is 5.65. The third kappa shape index (κ3) is 4.62. The molecule has 1 rings (SSSR count). The molecule has 0 aliphatic rings. The van der Waals surface area contributed by atoms with E-state index in [4.69, 9.17) is 11.6 Å². The lowest BCUT2D eigenvalue weighted by molar-refractivity contribution is 0.0952. The molecule has 0 atom stereocenters. The highest BCUT2D eigenvalue weighted by Gasteiger charge is 2.04. The molecule has 82 valence electrons. The summed E-state index contributed by atoms with van der Waals surface area (Å²) in [4.78, 5) is 15.5. The maximum absolute atomic E-state index is 11.6. The van der Waals surface area contributed by atoms with Crippen molar-refractivity contribution in [2.24, 2.45) is 0 Å². The molecule has 0 spiro atoms. The number of halogens is 2. The lowest BCUT2D eigenvalue weighted by Gasteiger charge is -2.04. The number of pyridine rings is 1. The molecule has 1 N–H and O–H groups in total. The number of rotatable bonds is 5. The van der Waals surface area contributed by atoms with E-state index in [0.717, 1.165) is 17.3 Å². The van der Waals surface area contributed by atoms with Crippen LogP contribution in [-0.4, -0.2) is 23.3 Å². The molecule has 0 fully saturated rings. The summed E-state index contributed by atoms with van der Waals surface area (Å²) in [5.41, 5.74) is 0.565. The number of hydrogen-bond acceptors (Lipinski definition) is 2. The standard InChI is InChI=1S/C10H12BrClN2O/c11-9-5-8(6-13-7-9)10(15)14-4-2-1-3-12/h5-7H,1-4H2,(H,14,15). The first kappa shape index (κ1) is 12.5. The van der Waals surface area contributed by atoms with Gasteiger partial charge in [-0.3, -0.25) is 9.78 Å². The van der Waals surface area contributed by atoms with E-state index in [-0.39, 0.29) is 5.91 Å². The monoisotopic (exact) mass is 290 g/mol. The van der Waals surface area contributed by atoms with Crippen LogP contribution < -0.4 is 5.32 Å². The first-order valence-corrected chi connectivity index (χ1v) is 6.01. The maximum Gasteiger partial charge on any atom is 0.252 e. The Labute approximate surface area is 102 Å². The Morgan fingerprint density at radius 1 is 1.47 bits per heavy atom. The van der Waals surface area contributed by atoms with Crippen molar-refractivity contribution in [3.05, 3.63) is 28.5 Å². The second-order valence-corrected chi connectivity index (χ2v) is 4.34. The largest absolute Gasteiger partial charge is 0.352 e. The van der Waals surface area contributed by atoms with E-state index >= 15 is 0 Å². The maximum atomic E-state index is 11.6. The smallest absolute Gasteiger partial charge is 0.252 e. The molecule has 0 radical (unpaired) electrons. The van der Waals surface area contributed by atoms with Crippen LogP contribution in [0.5, 0.6) is 0 Å². The number of alkyl halides is 1. The fraction of sp³-hybridized carbons (Fsp3) is 0.400.